The molecule has 0 radical (unpaired) electrons. The summed E-state index contributed by atoms with van der Waals surface area (Å²) in [7, 11) is -9.94. The Hall–Kier alpha value is -3.24. The van der Waals surface area contributed by atoms with Gasteiger partial charge in [-0.05, 0) is 83.5 Å². The number of phosphoric ester groups is 2. The van der Waals surface area contributed by atoms with Gasteiger partial charge in [0.25, 0.3) is 0 Å². The van der Waals surface area contributed by atoms with Gasteiger partial charge < -0.3 is 33.8 Å². The van der Waals surface area contributed by atoms with Crippen LogP contribution in [0.1, 0.15) is 349 Å². The lowest BCUT2D eigenvalue weighted by Crippen LogP contribution is -2.30. The number of esters is 4. The van der Waals surface area contributed by atoms with Gasteiger partial charge in [0.1, 0.15) is 19.3 Å². The number of ether oxygens (including phenoxy) is 4. The van der Waals surface area contributed by atoms with Gasteiger partial charge in [-0.3, -0.25) is 37.3 Å². The molecule has 0 saturated heterocycles. The highest BCUT2D eigenvalue weighted by molar-refractivity contribution is 7.47. The number of hydrogen-bond acceptors (Lipinski definition) is 15. The molecule has 0 spiro atoms. The second-order valence-electron chi connectivity index (χ2n) is 25.9. The van der Waals surface area contributed by atoms with Crippen LogP contribution in [-0.2, 0) is 65.4 Å². The lowest BCUT2D eigenvalue weighted by atomic mass is 10.0. The van der Waals surface area contributed by atoms with Crippen molar-refractivity contribution in [3.05, 3.63) is 60.8 Å². The average molecular weight is 1400 g/mol. The summed E-state index contributed by atoms with van der Waals surface area (Å²) in [4.78, 5) is 72.8. The predicted molar refractivity (Wildman–Crippen MR) is 390 cm³/mol. The van der Waals surface area contributed by atoms with Gasteiger partial charge in [-0.25, -0.2) is 9.13 Å². The van der Waals surface area contributed by atoms with Gasteiger partial charge in [0.05, 0.1) is 26.4 Å². The lowest BCUT2D eigenvalue weighted by Gasteiger charge is -2.21. The smallest absolute Gasteiger partial charge is 0.462 e. The molecule has 96 heavy (non-hydrogen) atoms. The van der Waals surface area contributed by atoms with Crippen molar-refractivity contribution < 1.29 is 80.2 Å². The third kappa shape index (κ3) is 69.2. The molecule has 5 unspecified atom stereocenters. The Kier molecular flexibility index (Phi) is 67.8. The first-order chi connectivity index (χ1) is 46.7. The van der Waals surface area contributed by atoms with Crippen LogP contribution in [0, 0.1) is 0 Å². The second kappa shape index (κ2) is 70.2. The molecule has 19 heteroatoms. The number of carbonyl (C=O) groups excluding carboxylic acids is 4. The molecule has 0 saturated carbocycles. The molecule has 0 bridgehead atoms. The van der Waals surface area contributed by atoms with Crippen LogP contribution in [0.3, 0.4) is 0 Å². The van der Waals surface area contributed by atoms with E-state index in [1.54, 1.807) is 0 Å². The predicted octanol–water partition coefficient (Wildman–Crippen LogP) is 21.9. The van der Waals surface area contributed by atoms with E-state index in [1.807, 2.05) is 0 Å². The molecule has 0 aliphatic heterocycles. The molecule has 17 nitrogen and oxygen atoms in total. The first-order valence-electron chi connectivity index (χ1n) is 38.5. The highest BCUT2D eigenvalue weighted by Gasteiger charge is 2.30. The lowest BCUT2D eigenvalue weighted by molar-refractivity contribution is -0.161. The Bertz CT molecular complexity index is 2060. The zero-order chi connectivity index (χ0) is 70.4. The van der Waals surface area contributed by atoms with Crippen molar-refractivity contribution in [3.63, 3.8) is 0 Å². The zero-order valence-corrected chi connectivity index (χ0v) is 62.8. The van der Waals surface area contributed by atoms with Gasteiger partial charge >= 0.3 is 39.5 Å². The van der Waals surface area contributed by atoms with Crippen LogP contribution in [0.25, 0.3) is 0 Å². The number of carbonyl (C=O) groups is 4. The number of aliphatic hydroxyl groups excluding tert-OH is 1. The van der Waals surface area contributed by atoms with Crippen molar-refractivity contribution in [2.75, 3.05) is 39.6 Å². The van der Waals surface area contributed by atoms with E-state index in [4.69, 9.17) is 37.0 Å². The number of aliphatic hydroxyl groups is 1. The van der Waals surface area contributed by atoms with Crippen LogP contribution in [0.4, 0.5) is 0 Å². The van der Waals surface area contributed by atoms with Crippen molar-refractivity contribution in [3.8, 4) is 0 Å². The molecule has 0 fully saturated rings. The third-order valence-electron chi connectivity index (χ3n) is 16.5. The van der Waals surface area contributed by atoms with Crippen molar-refractivity contribution >= 4 is 39.5 Å². The number of phosphoric acid groups is 2. The maximum Gasteiger partial charge on any atom is 0.472 e. The Balaban J connectivity index is 5.32. The maximum absolute atomic E-state index is 13.1. The maximum atomic E-state index is 13.1. The van der Waals surface area contributed by atoms with Gasteiger partial charge in [-0.15, -0.1) is 0 Å². The molecule has 0 aliphatic rings. The third-order valence-corrected chi connectivity index (χ3v) is 18.4. The van der Waals surface area contributed by atoms with Gasteiger partial charge in [0.15, 0.2) is 12.2 Å². The second-order valence-corrected chi connectivity index (χ2v) is 28.8. The first kappa shape index (κ1) is 92.8. The van der Waals surface area contributed by atoms with E-state index in [1.165, 1.54) is 148 Å². The molecular formula is C77H140O17P2. The highest BCUT2D eigenvalue weighted by Crippen LogP contribution is 2.45. The van der Waals surface area contributed by atoms with Crippen molar-refractivity contribution in [1.29, 1.82) is 0 Å². The van der Waals surface area contributed by atoms with Crippen molar-refractivity contribution in [1.82, 2.24) is 0 Å². The van der Waals surface area contributed by atoms with E-state index in [0.717, 1.165) is 122 Å². The number of unbranched alkanes of at least 4 members (excludes halogenated alkanes) is 37. The Labute approximate surface area is 584 Å². The summed E-state index contributed by atoms with van der Waals surface area (Å²) in [5.74, 6) is -2.20. The Morgan fingerprint density at radius 2 is 0.552 bits per heavy atom. The molecule has 0 aliphatic carbocycles. The molecule has 5 atom stereocenters. The SMILES string of the molecule is CC/C=C\C/C=C\C/C=C\C/C=C\CCCCC(=O)OCC(COP(=O)(O)OCC(O)COP(=O)(O)OCC(COC(=O)CCCCCCCCCCCCCCCCC)OC(=O)CCCCCCC/C=C\CCCC)OC(=O)CCCCCCCCCCCCCCCCC. The fourth-order valence-corrected chi connectivity index (χ4v) is 12.2. The van der Waals surface area contributed by atoms with Crippen LogP contribution in [-0.4, -0.2) is 96.7 Å². The Morgan fingerprint density at radius 1 is 0.302 bits per heavy atom. The molecular weight excluding hydrogens is 1260 g/mol. The molecule has 0 aromatic heterocycles. The summed E-state index contributed by atoms with van der Waals surface area (Å²) in [6, 6.07) is 0. The fraction of sp³-hybridized carbons (Fsp3) is 0.818. The van der Waals surface area contributed by atoms with E-state index < -0.39 is 97.5 Å². The van der Waals surface area contributed by atoms with Crippen molar-refractivity contribution in [2.24, 2.45) is 0 Å². The van der Waals surface area contributed by atoms with Gasteiger partial charge in [0, 0.05) is 25.7 Å². The van der Waals surface area contributed by atoms with Crippen LogP contribution in [0.2, 0.25) is 0 Å². The standard InChI is InChI=1S/C77H140O17P2/c1-5-9-13-17-21-25-29-32-35-38-42-45-49-53-57-61-74(79)87-67-72(93-76(81)63-59-55-51-47-41-28-24-20-16-12-8-4)69-91-95(83,84)89-65-71(78)66-90-96(85,86)92-70-73(94-77(82)64-60-56-52-48-44-40-37-34-31-27-23-19-15-11-7-3)68-88-75(80)62-58-54-50-46-43-39-36-33-30-26-22-18-14-10-6-2/h10,14,20,22,24,26,33,36,43,46,71-73,78H,5-9,11-13,15-19,21,23,25,27-32,34-35,37-42,44-45,47-70H2,1-4H3,(H,83,84)(H,85,86)/b14-10-,24-20-,26-22-,36-33-,46-43-. The van der Waals surface area contributed by atoms with Crippen LogP contribution in [0.5, 0.6) is 0 Å². The summed E-state index contributed by atoms with van der Waals surface area (Å²) in [5, 5.41) is 10.6. The van der Waals surface area contributed by atoms with Gasteiger partial charge in [-0.2, -0.15) is 0 Å². The molecule has 0 rings (SSSR count). The molecule has 560 valence electrons. The topological polar surface area (TPSA) is 237 Å². The van der Waals surface area contributed by atoms with Gasteiger partial charge in [-0.1, -0.05) is 300 Å². The summed E-state index contributed by atoms with van der Waals surface area (Å²) in [6.45, 7) is 4.73. The summed E-state index contributed by atoms with van der Waals surface area (Å²) in [6.07, 6.45) is 67.9. The number of rotatable bonds is 73. The molecule has 3 N–H and O–H groups in total. The highest BCUT2D eigenvalue weighted by atomic mass is 31.2. The summed E-state index contributed by atoms with van der Waals surface area (Å²) < 4.78 is 68.4. The van der Waals surface area contributed by atoms with Gasteiger partial charge in [0.2, 0.25) is 0 Å². The van der Waals surface area contributed by atoms with E-state index in [0.29, 0.717) is 25.7 Å². The first-order valence-corrected chi connectivity index (χ1v) is 41.5. The average Bonchev–Trinajstić information content (AvgIpc) is 1.09. The minimum absolute atomic E-state index is 0.0891. The molecule has 0 aromatic carbocycles. The normalized spacial score (nSPS) is 14.3. The number of allylic oxidation sites excluding steroid dienone is 10. The van der Waals surface area contributed by atoms with E-state index in [9.17, 15) is 43.2 Å². The molecule has 0 heterocycles. The van der Waals surface area contributed by atoms with E-state index in [2.05, 4.69) is 88.5 Å². The fourth-order valence-electron chi connectivity index (χ4n) is 10.6. The van der Waals surface area contributed by atoms with Crippen LogP contribution < -0.4 is 0 Å². The zero-order valence-electron chi connectivity index (χ0n) is 61.1. The minimum Gasteiger partial charge on any atom is -0.462 e. The quantitative estimate of drug-likeness (QED) is 0.0169. The largest absolute Gasteiger partial charge is 0.472 e. The summed E-state index contributed by atoms with van der Waals surface area (Å²) >= 11 is 0. The van der Waals surface area contributed by atoms with E-state index in [-0.39, 0.29) is 25.7 Å². The van der Waals surface area contributed by atoms with Crippen LogP contribution >= 0.6 is 15.6 Å². The summed E-state index contributed by atoms with van der Waals surface area (Å²) in [5.41, 5.74) is 0. The van der Waals surface area contributed by atoms with Crippen LogP contribution in [0.15, 0.2) is 60.8 Å². The minimum atomic E-state index is -4.97. The molecule has 0 aromatic rings. The monoisotopic (exact) mass is 1400 g/mol. The molecule has 0 amide bonds. The number of hydrogen-bond donors (Lipinski definition) is 3. The van der Waals surface area contributed by atoms with Crippen molar-refractivity contribution in [2.45, 2.75) is 367 Å². The Morgan fingerprint density at radius 3 is 0.896 bits per heavy atom. The van der Waals surface area contributed by atoms with E-state index >= 15 is 0 Å².